The predicted octanol–water partition coefficient (Wildman–Crippen LogP) is 1.51. The van der Waals surface area contributed by atoms with Gasteiger partial charge in [0.25, 0.3) is 0 Å². The van der Waals surface area contributed by atoms with E-state index in [2.05, 4.69) is 17.2 Å². The number of carbonyl (C=O) groups excluding carboxylic acids is 2. The van der Waals surface area contributed by atoms with Crippen LogP contribution < -0.4 is 10.6 Å². The quantitative estimate of drug-likeness (QED) is 0.678. The van der Waals surface area contributed by atoms with Gasteiger partial charge in [-0.3, -0.25) is 9.59 Å². The number of nitrogens with zero attached hydrogens (tertiary/aromatic N) is 1. The molecule has 2 aliphatic rings. The highest BCUT2D eigenvalue weighted by atomic mass is 32.2. The van der Waals surface area contributed by atoms with Crippen LogP contribution >= 0.6 is 0 Å². The monoisotopic (exact) mass is 421 g/mol. The van der Waals surface area contributed by atoms with E-state index >= 15 is 0 Å². The van der Waals surface area contributed by atoms with Gasteiger partial charge >= 0.3 is 0 Å². The molecule has 2 N–H and O–H groups in total. The molecule has 0 saturated carbocycles. The molecule has 3 rings (SSSR count). The van der Waals surface area contributed by atoms with Crippen LogP contribution in [0.4, 0.5) is 5.69 Å². The van der Waals surface area contributed by atoms with Crippen molar-refractivity contribution in [3.63, 3.8) is 0 Å². The van der Waals surface area contributed by atoms with Crippen LogP contribution in [-0.4, -0.2) is 56.9 Å². The summed E-state index contributed by atoms with van der Waals surface area (Å²) in [4.78, 5) is 23.9. The second-order valence-corrected chi connectivity index (χ2v) is 9.23. The maximum Gasteiger partial charge on any atom is 0.243 e. The Labute approximate surface area is 171 Å². The summed E-state index contributed by atoms with van der Waals surface area (Å²) in [6.45, 7) is 5.27. The Morgan fingerprint density at radius 2 is 1.69 bits per heavy atom. The molecule has 2 heterocycles. The highest BCUT2D eigenvalue weighted by molar-refractivity contribution is 7.89. The van der Waals surface area contributed by atoms with Crippen molar-refractivity contribution in [1.82, 2.24) is 9.62 Å². The summed E-state index contributed by atoms with van der Waals surface area (Å²) in [6, 6.07) is 6.21. The van der Waals surface area contributed by atoms with Crippen LogP contribution in [0.2, 0.25) is 0 Å². The summed E-state index contributed by atoms with van der Waals surface area (Å²) in [6.07, 6.45) is 3.71. The molecule has 2 amide bonds. The lowest BCUT2D eigenvalue weighted by Gasteiger charge is -2.31. The van der Waals surface area contributed by atoms with Gasteiger partial charge in [-0.15, -0.1) is 0 Å². The van der Waals surface area contributed by atoms with Crippen LogP contribution in [0, 0.1) is 5.92 Å². The molecule has 0 radical (unpaired) electrons. The fourth-order valence-electron chi connectivity index (χ4n) is 3.56. The minimum Gasteiger partial charge on any atom is -0.381 e. The van der Waals surface area contributed by atoms with Crippen LogP contribution in [-0.2, 0) is 24.3 Å². The van der Waals surface area contributed by atoms with Crippen molar-refractivity contribution >= 4 is 27.5 Å². The van der Waals surface area contributed by atoms with E-state index in [-0.39, 0.29) is 28.7 Å². The zero-order valence-electron chi connectivity index (χ0n) is 16.3. The van der Waals surface area contributed by atoms with E-state index in [0.29, 0.717) is 57.7 Å². The first-order valence-electron chi connectivity index (χ1n) is 9.82. The van der Waals surface area contributed by atoms with Crippen molar-refractivity contribution in [2.75, 3.05) is 31.6 Å². The third kappa shape index (κ3) is 5.43. The van der Waals surface area contributed by atoms with Gasteiger partial charge < -0.3 is 15.4 Å². The molecule has 0 aliphatic carbocycles. The third-order valence-electron chi connectivity index (χ3n) is 5.34. The zero-order chi connectivity index (χ0) is 20.9. The first-order valence-corrected chi connectivity index (χ1v) is 11.3. The predicted molar refractivity (Wildman–Crippen MR) is 109 cm³/mol. The normalized spacial score (nSPS) is 19.4. The number of amides is 2. The number of rotatable bonds is 6. The number of nitrogens with one attached hydrogen (secondary N) is 2. The lowest BCUT2D eigenvalue weighted by atomic mass is 9.99. The summed E-state index contributed by atoms with van der Waals surface area (Å²) >= 11 is 0. The number of carbonyl (C=O) groups is 2. The van der Waals surface area contributed by atoms with Crippen LogP contribution in [0.25, 0.3) is 0 Å². The molecular formula is C20H27N3O5S. The third-order valence-corrected chi connectivity index (χ3v) is 7.25. The molecular weight excluding hydrogens is 394 g/mol. The lowest BCUT2D eigenvalue weighted by molar-refractivity contribution is -0.122. The Morgan fingerprint density at radius 1 is 1.07 bits per heavy atom. The topological polar surface area (TPSA) is 105 Å². The van der Waals surface area contributed by atoms with E-state index in [9.17, 15) is 18.0 Å². The number of benzene rings is 1. The van der Waals surface area contributed by atoms with Gasteiger partial charge in [-0.1, -0.05) is 6.58 Å². The summed E-state index contributed by atoms with van der Waals surface area (Å²) < 4.78 is 32.4. The number of hydrogen-bond acceptors (Lipinski definition) is 5. The van der Waals surface area contributed by atoms with Crippen molar-refractivity contribution in [3.8, 4) is 0 Å². The molecule has 29 heavy (non-hydrogen) atoms. The minimum atomic E-state index is -3.61. The fourth-order valence-corrected chi connectivity index (χ4v) is 5.03. The zero-order valence-corrected chi connectivity index (χ0v) is 17.1. The van der Waals surface area contributed by atoms with Gasteiger partial charge in [-0.25, -0.2) is 8.42 Å². The molecule has 0 bridgehead atoms. The van der Waals surface area contributed by atoms with E-state index in [1.807, 2.05) is 0 Å². The smallest absolute Gasteiger partial charge is 0.243 e. The molecule has 158 valence electrons. The Kier molecular flexibility index (Phi) is 7.05. The second kappa shape index (κ2) is 9.51. The highest BCUT2D eigenvalue weighted by Gasteiger charge is 2.30. The molecule has 0 atom stereocenters. The maximum absolute atomic E-state index is 12.9. The van der Waals surface area contributed by atoms with Crippen molar-refractivity contribution in [2.45, 2.75) is 36.6 Å². The van der Waals surface area contributed by atoms with Crippen molar-refractivity contribution in [2.24, 2.45) is 5.92 Å². The minimum absolute atomic E-state index is 0.0466. The standard InChI is InChI=1S/C20H27N3O5S/c1-2-19(24)21-17-7-11-23(12-8-17)29(26,27)18-5-3-16(4-6-18)22-20(25)15-9-13-28-14-10-15/h2-6,15,17H,1,7-14H2,(H,21,24)(H,22,25). The van der Waals surface area contributed by atoms with Crippen LogP contribution in [0.3, 0.4) is 0 Å². The van der Waals surface area contributed by atoms with Crippen molar-refractivity contribution < 1.29 is 22.7 Å². The average molecular weight is 422 g/mol. The van der Waals surface area contributed by atoms with Crippen LogP contribution in [0.5, 0.6) is 0 Å². The SMILES string of the molecule is C=CC(=O)NC1CCN(S(=O)(=O)c2ccc(NC(=O)C3CCOCC3)cc2)CC1. The summed E-state index contributed by atoms with van der Waals surface area (Å²) in [5.41, 5.74) is 0.575. The molecule has 0 unspecified atom stereocenters. The van der Waals surface area contributed by atoms with E-state index < -0.39 is 10.0 Å². The van der Waals surface area contributed by atoms with Crippen LogP contribution in [0.1, 0.15) is 25.7 Å². The van der Waals surface area contributed by atoms with Gasteiger partial charge in [0.05, 0.1) is 4.90 Å². The van der Waals surface area contributed by atoms with Gasteiger partial charge in [-0.2, -0.15) is 4.31 Å². The summed E-state index contributed by atoms with van der Waals surface area (Å²) in [5.74, 6) is -0.382. The molecule has 0 aromatic heterocycles. The fraction of sp³-hybridized carbons (Fsp3) is 0.500. The lowest BCUT2D eigenvalue weighted by Crippen LogP contribution is -2.46. The maximum atomic E-state index is 12.9. The van der Waals surface area contributed by atoms with Crippen molar-refractivity contribution in [3.05, 3.63) is 36.9 Å². The van der Waals surface area contributed by atoms with Gasteiger partial charge in [0, 0.05) is 44.0 Å². The number of ether oxygens (including phenoxy) is 1. The Bertz CT molecular complexity index is 839. The van der Waals surface area contributed by atoms with Crippen LogP contribution in [0.15, 0.2) is 41.8 Å². The average Bonchev–Trinajstić information content (AvgIpc) is 2.75. The van der Waals surface area contributed by atoms with Gasteiger partial charge in [0.15, 0.2) is 0 Å². The van der Waals surface area contributed by atoms with E-state index in [4.69, 9.17) is 4.74 Å². The molecule has 2 aliphatic heterocycles. The van der Waals surface area contributed by atoms with E-state index in [1.54, 1.807) is 12.1 Å². The number of hydrogen-bond donors (Lipinski definition) is 2. The summed E-state index contributed by atoms with van der Waals surface area (Å²) in [5, 5.41) is 5.65. The van der Waals surface area contributed by atoms with E-state index in [1.165, 1.54) is 22.5 Å². The first-order chi connectivity index (χ1) is 13.9. The summed E-state index contributed by atoms with van der Waals surface area (Å²) in [7, 11) is -3.61. The molecule has 0 spiro atoms. The molecule has 8 nitrogen and oxygen atoms in total. The van der Waals surface area contributed by atoms with E-state index in [0.717, 1.165) is 0 Å². The molecule has 1 aromatic carbocycles. The molecule has 2 saturated heterocycles. The van der Waals surface area contributed by atoms with Gasteiger partial charge in [0.1, 0.15) is 0 Å². The number of piperidine rings is 1. The number of sulfonamides is 1. The highest BCUT2D eigenvalue weighted by Crippen LogP contribution is 2.23. The Hall–Kier alpha value is -2.23. The molecule has 2 fully saturated rings. The van der Waals surface area contributed by atoms with Gasteiger partial charge in [-0.05, 0) is 56.0 Å². The number of anilines is 1. The molecule has 9 heteroatoms. The van der Waals surface area contributed by atoms with Gasteiger partial charge in [0.2, 0.25) is 21.8 Å². The Morgan fingerprint density at radius 3 is 2.28 bits per heavy atom. The first kappa shape index (κ1) is 21.5. The van der Waals surface area contributed by atoms with Crippen molar-refractivity contribution in [1.29, 1.82) is 0 Å². The second-order valence-electron chi connectivity index (χ2n) is 7.29. The molecule has 1 aromatic rings. The largest absolute Gasteiger partial charge is 0.381 e. The Balaban J connectivity index is 1.58.